The van der Waals surface area contributed by atoms with Crippen LogP contribution >= 0.6 is 0 Å². The Morgan fingerprint density at radius 3 is 2.75 bits per heavy atom. The van der Waals surface area contributed by atoms with E-state index in [1.165, 1.54) is 6.42 Å². The van der Waals surface area contributed by atoms with Crippen LogP contribution < -0.4 is 0 Å². The molecule has 3 rings (SSSR count). The molecule has 1 aliphatic rings. The lowest BCUT2D eigenvalue weighted by molar-refractivity contribution is 0.0553. The molecule has 5 heteroatoms. The Morgan fingerprint density at radius 1 is 1.25 bits per heavy atom. The lowest BCUT2D eigenvalue weighted by atomic mass is 9.97. The Balaban J connectivity index is 1.80. The number of rotatable bonds is 7. The van der Waals surface area contributed by atoms with Crippen molar-refractivity contribution in [1.29, 1.82) is 0 Å². The molecule has 1 aromatic carbocycles. The molecule has 2 aromatic rings. The highest BCUT2D eigenvalue weighted by Crippen LogP contribution is 2.25. The number of carbonyl (C=O) groups is 1. The van der Waals surface area contributed by atoms with Crippen LogP contribution in [0, 0.1) is 6.92 Å². The summed E-state index contributed by atoms with van der Waals surface area (Å²) in [5, 5.41) is 0. The zero-order chi connectivity index (χ0) is 19.9. The lowest BCUT2D eigenvalue weighted by Gasteiger charge is -2.36. The van der Waals surface area contributed by atoms with Gasteiger partial charge in [0.15, 0.2) is 0 Å². The minimum Gasteiger partial charge on any atom is -0.385 e. The van der Waals surface area contributed by atoms with Crippen molar-refractivity contribution < 1.29 is 9.53 Å². The quantitative estimate of drug-likeness (QED) is 0.712. The van der Waals surface area contributed by atoms with Crippen LogP contribution in [0.1, 0.15) is 60.8 Å². The summed E-state index contributed by atoms with van der Waals surface area (Å²) in [5.74, 6) is 0.893. The number of likely N-dealkylation sites (tertiary alicyclic amines) is 1. The molecule has 0 radical (unpaired) electrons. The number of ether oxygens (including phenoxy) is 1. The van der Waals surface area contributed by atoms with Gasteiger partial charge in [0.25, 0.3) is 5.91 Å². The molecular weight excluding hydrogens is 350 g/mol. The van der Waals surface area contributed by atoms with Crippen LogP contribution in [-0.4, -0.2) is 47.1 Å². The van der Waals surface area contributed by atoms with Gasteiger partial charge in [-0.05, 0) is 56.7 Å². The summed E-state index contributed by atoms with van der Waals surface area (Å²) in [6.45, 7) is 5.60. The van der Waals surface area contributed by atoms with E-state index < -0.39 is 0 Å². The number of aryl methyl sites for hydroxylation is 2. The Labute approximate surface area is 168 Å². The maximum atomic E-state index is 13.1. The van der Waals surface area contributed by atoms with Crippen molar-refractivity contribution in [3.63, 3.8) is 0 Å². The Bertz CT molecular complexity index is 789. The lowest BCUT2D eigenvalue weighted by Crippen LogP contribution is -2.44. The first kappa shape index (κ1) is 20.5. The fraction of sp³-hybridized carbons (Fsp3) is 0.522. The second-order valence-electron chi connectivity index (χ2n) is 7.55. The summed E-state index contributed by atoms with van der Waals surface area (Å²) in [6.07, 6.45) is 8.15. The van der Waals surface area contributed by atoms with Crippen LogP contribution in [0.25, 0.3) is 11.3 Å². The number of carbonyl (C=O) groups excluding carboxylic acids is 1. The normalized spacial score (nSPS) is 17.0. The van der Waals surface area contributed by atoms with Crippen LogP contribution in [0.2, 0.25) is 0 Å². The first-order chi connectivity index (χ1) is 13.6. The van der Waals surface area contributed by atoms with Gasteiger partial charge in [0.2, 0.25) is 0 Å². The third-order valence-corrected chi connectivity index (χ3v) is 5.45. The number of hydrogen-bond acceptors (Lipinski definition) is 4. The monoisotopic (exact) mass is 381 g/mol. The van der Waals surface area contributed by atoms with Crippen molar-refractivity contribution in [2.45, 2.75) is 58.4 Å². The van der Waals surface area contributed by atoms with Crippen LogP contribution in [0.4, 0.5) is 0 Å². The molecular formula is C23H31N3O2. The van der Waals surface area contributed by atoms with Crippen molar-refractivity contribution >= 4 is 5.91 Å². The Kier molecular flexibility index (Phi) is 7.15. The molecule has 0 unspecified atom stereocenters. The predicted molar refractivity (Wildman–Crippen MR) is 111 cm³/mol. The van der Waals surface area contributed by atoms with E-state index >= 15 is 0 Å². The van der Waals surface area contributed by atoms with Gasteiger partial charge < -0.3 is 9.64 Å². The molecule has 1 fully saturated rings. The largest absolute Gasteiger partial charge is 0.385 e. The standard InChI is InChI=1S/C23H31N3O2/c1-4-7-20-16-24-17(2)25-22(20)18-9-11-19(12-10-18)23(27)26-14-6-5-8-21(26)13-15-28-3/h9-12,16,21H,4-8,13-15H2,1-3H3/t21-/m1/s1. The zero-order valence-electron chi connectivity index (χ0n) is 17.3. The number of amides is 1. The third kappa shape index (κ3) is 4.76. The molecule has 1 aliphatic heterocycles. The van der Waals surface area contributed by atoms with Crippen LogP contribution in [-0.2, 0) is 11.2 Å². The number of methoxy groups -OCH3 is 1. The van der Waals surface area contributed by atoms with Crippen molar-refractivity contribution in [1.82, 2.24) is 14.9 Å². The summed E-state index contributed by atoms with van der Waals surface area (Å²) in [7, 11) is 1.72. The van der Waals surface area contributed by atoms with Gasteiger partial charge in [0.05, 0.1) is 5.69 Å². The Morgan fingerprint density at radius 2 is 2.04 bits per heavy atom. The highest BCUT2D eigenvalue weighted by molar-refractivity contribution is 5.95. The Hall–Kier alpha value is -2.27. The van der Waals surface area contributed by atoms with E-state index in [-0.39, 0.29) is 11.9 Å². The van der Waals surface area contributed by atoms with E-state index in [4.69, 9.17) is 4.74 Å². The average molecular weight is 382 g/mol. The summed E-state index contributed by atoms with van der Waals surface area (Å²) in [4.78, 5) is 24.1. The van der Waals surface area contributed by atoms with Gasteiger partial charge >= 0.3 is 0 Å². The highest BCUT2D eigenvalue weighted by Gasteiger charge is 2.27. The molecule has 0 N–H and O–H groups in total. The molecule has 0 spiro atoms. The molecule has 1 aromatic heterocycles. The molecule has 5 nitrogen and oxygen atoms in total. The predicted octanol–water partition coefficient (Wildman–Crippen LogP) is 4.44. The van der Waals surface area contributed by atoms with Crippen LogP contribution in [0.5, 0.6) is 0 Å². The number of piperidine rings is 1. The molecule has 150 valence electrons. The van der Waals surface area contributed by atoms with E-state index in [2.05, 4.69) is 16.9 Å². The molecule has 28 heavy (non-hydrogen) atoms. The van der Waals surface area contributed by atoms with Crippen molar-refractivity contribution in [2.75, 3.05) is 20.3 Å². The SMILES string of the molecule is CCCc1cnc(C)nc1-c1ccc(C(=O)N2CCCC[C@@H]2CCOC)cc1. The molecule has 1 atom stereocenters. The van der Waals surface area contributed by atoms with Crippen LogP contribution in [0.3, 0.4) is 0 Å². The fourth-order valence-electron chi connectivity index (χ4n) is 3.96. The van der Waals surface area contributed by atoms with E-state index in [1.807, 2.05) is 42.3 Å². The minimum absolute atomic E-state index is 0.125. The first-order valence-corrected chi connectivity index (χ1v) is 10.4. The smallest absolute Gasteiger partial charge is 0.254 e. The second-order valence-corrected chi connectivity index (χ2v) is 7.55. The topological polar surface area (TPSA) is 55.3 Å². The molecule has 2 heterocycles. The summed E-state index contributed by atoms with van der Waals surface area (Å²) < 4.78 is 5.23. The van der Waals surface area contributed by atoms with Gasteiger partial charge in [0, 0.05) is 43.6 Å². The van der Waals surface area contributed by atoms with Gasteiger partial charge in [0.1, 0.15) is 5.82 Å². The van der Waals surface area contributed by atoms with Gasteiger partial charge in [-0.3, -0.25) is 4.79 Å². The van der Waals surface area contributed by atoms with Gasteiger partial charge in [-0.15, -0.1) is 0 Å². The van der Waals surface area contributed by atoms with Gasteiger partial charge in [-0.25, -0.2) is 9.97 Å². The second kappa shape index (κ2) is 9.78. The maximum Gasteiger partial charge on any atom is 0.254 e. The number of benzene rings is 1. The molecule has 0 bridgehead atoms. The first-order valence-electron chi connectivity index (χ1n) is 10.4. The summed E-state index contributed by atoms with van der Waals surface area (Å²) >= 11 is 0. The van der Waals surface area contributed by atoms with Crippen molar-refractivity contribution in [2.24, 2.45) is 0 Å². The summed E-state index contributed by atoms with van der Waals surface area (Å²) in [5.41, 5.74) is 3.92. The fourth-order valence-corrected chi connectivity index (χ4v) is 3.96. The molecule has 1 amide bonds. The van der Waals surface area contributed by atoms with Gasteiger partial charge in [-0.1, -0.05) is 25.5 Å². The molecule has 0 saturated carbocycles. The van der Waals surface area contributed by atoms with E-state index in [0.717, 1.165) is 66.9 Å². The van der Waals surface area contributed by atoms with E-state index in [0.29, 0.717) is 6.61 Å². The molecule has 1 saturated heterocycles. The number of nitrogens with zero attached hydrogens (tertiary/aromatic N) is 3. The third-order valence-electron chi connectivity index (χ3n) is 5.45. The number of hydrogen-bond donors (Lipinski definition) is 0. The molecule has 0 aliphatic carbocycles. The number of aromatic nitrogens is 2. The average Bonchev–Trinajstić information content (AvgIpc) is 2.73. The van der Waals surface area contributed by atoms with Crippen LogP contribution in [0.15, 0.2) is 30.5 Å². The van der Waals surface area contributed by atoms with Crippen molar-refractivity contribution in [3.8, 4) is 11.3 Å². The maximum absolute atomic E-state index is 13.1. The zero-order valence-corrected chi connectivity index (χ0v) is 17.3. The van der Waals surface area contributed by atoms with E-state index in [9.17, 15) is 4.79 Å². The van der Waals surface area contributed by atoms with Gasteiger partial charge in [-0.2, -0.15) is 0 Å². The highest BCUT2D eigenvalue weighted by atomic mass is 16.5. The summed E-state index contributed by atoms with van der Waals surface area (Å²) in [6, 6.07) is 8.19. The van der Waals surface area contributed by atoms with Crippen molar-refractivity contribution in [3.05, 3.63) is 47.4 Å². The minimum atomic E-state index is 0.125. The van der Waals surface area contributed by atoms with E-state index in [1.54, 1.807) is 7.11 Å².